The van der Waals surface area contributed by atoms with Crippen LogP contribution in [0, 0.1) is 0 Å². The highest BCUT2D eigenvalue weighted by atomic mass is 14.8. The second kappa shape index (κ2) is 12.2. The lowest BCUT2D eigenvalue weighted by Gasteiger charge is -2.16. The molecule has 0 amide bonds. The molecule has 0 saturated heterocycles. The molecule has 3 heterocycles. The standard InChI is InChI=1S/C51H31N3/c1-2-10-37-30-40(25-20-32(37)9-1)49-45-31-44(41-14-3-4-15-42(41)48(45)43-16-5-6-17-47(43)54-49)34-21-18-33(19-22-34)38-11-7-12-39(29-38)46-27-26-36-24-23-35-13-8-28-52-50(35)51(36)53-46/h1-31H. The number of para-hydroxylation sites is 1. The Labute approximate surface area is 311 Å². The first-order chi connectivity index (χ1) is 26.7. The number of fused-ring (bicyclic) bond motifs is 9. The monoisotopic (exact) mass is 685 g/mol. The molecule has 11 aromatic rings. The molecule has 8 aromatic carbocycles. The minimum atomic E-state index is 0.926. The lowest BCUT2D eigenvalue weighted by molar-refractivity contribution is 1.37. The van der Waals surface area contributed by atoms with Gasteiger partial charge >= 0.3 is 0 Å². The van der Waals surface area contributed by atoms with Crippen LogP contribution in [0.15, 0.2) is 188 Å². The molecule has 11 rings (SSSR count). The van der Waals surface area contributed by atoms with Gasteiger partial charge in [-0.25, -0.2) is 9.97 Å². The van der Waals surface area contributed by atoms with Gasteiger partial charge in [0.25, 0.3) is 0 Å². The zero-order chi connectivity index (χ0) is 35.6. The number of hydrogen-bond acceptors (Lipinski definition) is 3. The van der Waals surface area contributed by atoms with Crippen molar-refractivity contribution >= 4 is 65.0 Å². The van der Waals surface area contributed by atoms with Crippen LogP contribution in [0.1, 0.15) is 0 Å². The maximum Gasteiger partial charge on any atom is 0.0972 e. The molecule has 0 saturated carbocycles. The van der Waals surface area contributed by atoms with Gasteiger partial charge in [-0.3, -0.25) is 4.98 Å². The van der Waals surface area contributed by atoms with Crippen molar-refractivity contribution in [2.75, 3.05) is 0 Å². The van der Waals surface area contributed by atoms with E-state index in [-0.39, 0.29) is 0 Å². The van der Waals surface area contributed by atoms with E-state index in [2.05, 4.69) is 181 Å². The van der Waals surface area contributed by atoms with E-state index >= 15 is 0 Å². The van der Waals surface area contributed by atoms with Crippen LogP contribution in [0.5, 0.6) is 0 Å². The van der Waals surface area contributed by atoms with Crippen molar-refractivity contribution < 1.29 is 0 Å². The van der Waals surface area contributed by atoms with Gasteiger partial charge < -0.3 is 0 Å². The summed E-state index contributed by atoms with van der Waals surface area (Å²) < 4.78 is 0. The average molecular weight is 686 g/mol. The molecule has 0 radical (unpaired) electrons. The molecule has 0 aliphatic carbocycles. The van der Waals surface area contributed by atoms with Crippen LogP contribution in [0.2, 0.25) is 0 Å². The zero-order valence-corrected chi connectivity index (χ0v) is 29.2. The van der Waals surface area contributed by atoms with E-state index in [1.54, 1.807) is 0 Å². The van der Waals surface area contributed by atoms with E-state index in [1.807, 2.05) is 12.3 Å². The summed E-state index contributed by atoms with van der Waals surface area (Å²) >= 11 is 0. The topological polar surface area (TPSA) is 38.7 Å². The molecule has 3 heteroatoms. The summed E-state index contributed by atoms with van der Waals surface area (Å²) in [6, 6.07) is 65.1. The number of nitrogens with zero attached hydrogens (tertiary/aromatic N) is 3. The summed E-state index contributed by atoms with van der Waals surface area (Å²) in [4.78, 5) is 15.1. The Morgan fingerprint density at radius 3 is 1.89 bits per heavy atom. The first-order valence-electron chi connectivity index (χ1n) is 18.3. The highest BCUT2D eigenvalue weighted by Crippen LogP contribution is 2.42. The first-order valence-corrected chi connectivity index (χ1v) is 18.3. The molecular formula is C51H31N3. The minimum absolute atomic E-state index is 0.926. The second-order valence-electron chi connectivity index (χ2n) is 14.0. The second-order valence-corrected chi connectivity index (χ2v) is 14.0. The van der Waals surface area contributed by atoms with Crippen molar-refractivity contribution in [1.82, 2.24) is 15.0 Å². The predicted octanol–water partition coefficient (Wildman–Crippen LogP) is 13.5. The lowest BCUT2D eigenvalue weighted by Crippen LogP contribution is -1.93. The molecule has 250 valence electrons. The Morgan fingerprint density at radius 2 is 1.00 bits per heavy atom. The van der Waals surface area contributed by atoms with Gasteiger partial charge in [0, 0.05) is 44.3 Å². The SMILES string of the molecule is c1cc(-c2ccc(-c3cc4c(-c5ccc6ccccc6c5)nc5ccccc5c4c4ccccc34)cc2)cc(-c2ccc3ccc4cccnc4c3n2)c1. The summed E-state index contributed by atoms with van der Waals surface area (Å²) in [6.45, 7) is 0. The van der Waals surface area contributed by atoms with E-state index in [0.717, 1.165) is 66.4 Å². The van der Waals surface area contributed by atoms with Gasteiger partial charge in [0.05, 0.1) is 27.9 Å². The number of hydrogen-bond donors (Lipinski definition) is 0. The molecule has 54 heavy (non-hydrogen) atoms. The van der Waals surface area contributed by atoms with Crippen LogP contribution in [-0.2, 0) is 0 Å². The van der Waals surface area contributed by atoms with E-state index in [1.165, 1.54) is 43.4 Å². The van der Waals surface area contributed by atoms with Gasteiger partial charge in [-0.05, 0) is 80.2 Å². The van der Waals surface area contributed by atoms with Crippen molar-refractivity contribution in [1.29, 1.82) is 0 Å². The number of rotatable bonds is 4. The fourth-order valence-corrected chi connectivity index (χ4v) is 8.20. The fourth-order valence-electron chi connectivity index (χ4n) is 8.20. The third-order valence-corrected chi connectivity index (χ3v) is 10.8. The molecular weight excluding hydrogens is 655 g/mol. The number of pyridine rings is 3. The third-order valence-electron chi connectivity index (χ3n) is 10.8. The van der Waals surface area contributed by atoms with Crippen LogP contribution in [0.25, 0.3) is 110 Å². The summed E-state index contributed by atoms with van der Waals surface area (Å²) in [5.41, 5.74) is 11.7. The molecule has 0 atom stereocenters. The molecule has 3 nitrogen and oxygen atoms in total. The number of benzene rings is 8. The number of aromatic nitrogens is 3. The Morgan fingerprint density at radius 1 is 0.333 bits per heavy atom. The highest BCUT2D eigenvalue weighted by molar-refractivity contribution is 6.25. The minimum Gasteiger partial charge on any atom is -0.254 e. The summed E-state index contributed by atoms with van der Waals surface area (Å²) in [5.74, 6) is 0. The van der Waals surface area contributed by atoms with Crippen LogP contribution in [-0.4, -0.2) is 15.0 Å². The maximum atomic E-state index is 5.33. The zero-order valence-electron chi connectivity index (χ0n) is 29.2. The molecule has 0 unspecified atom stereocenters. The van der Waals surface area contributed by atoms with Gasteiger partial charge in [0.15, 0.2) is 0 Å². The third kappa shape index (κ3) is 4.94. The van der Waals surface area contributed by atoms with Gasteiger partial charge in [-0.15, -0.1) is 0 Å². The normalized spacial score (nSPS) is 11.7. The van der Waals surface area contributed by atoms with Crippen molar-refractivity contribution in [2.24, 2.45) is 0 Å². The summed E-state index contributed by atoms with van der Waals surface area (Å²) in [7, 11) is 0. The maximum absolute atomic E-state index is 5.33. The van der Waals surface area contributed by atoms with Crippen molar-refractivity contribution in [3.63, 3.8) is 0 Å². The van der Waals surface area contributed by atoms with Gasteiger partial charge in [-0.1, -0.05) is 146 Å². The van der Waals surface area contributed by atoms with Crippen LogP contribution in [0.4, 0.5) is 0 Å². The van der Waals surface area contributed by atoms with Crippen molar-refractivity contribution in [3.8, 4) is 44.8 Å². The Kier molecular flexibility index (Phi) is 6.86. The first kappa shape index (κ1) is 30.4. The molecule has 3 aromatic heterocycles. The predicted molar refractivity (Wildman–Crippen MR) is 227 cm³/mol. The molecule has 0 N–H and O–H groups in total. The highest BCUT2D eigenvalue weighted by Gasteiger charge is 2.17. The van der Waals surface area contributed by atoms with Gasteiger partial charge in [0.1, 0.15) is 0 Å². The van der Waals surface area contributed by atoms with Crippen molar-refractivity contribution in [3.05, 3.63) is 188 Å². The largest absolute Gasteiger partial charge is 0.254 e. The van der Waals surface area contributed by atoms with Crippen LogP contribution in [0.3, 0.4) is 0 Å². The summed E-state index contributed by atoms with van der Waals surface area (Å²) in [6.07, 6.45) is 1.84. The molecule has 0 aliphatic rings. The van der Waals surface area contributed by atoms with Gasteiger partial charge in [0.2, 0.25) is 0 Å². The lowest BCUT2D eigenvalue weighted by atomic mass is 9.89. The Hall–Kier alpha value is -7.23. The average Bonchev–Trinajstić information content (AvgIpc) is 3.25. The molecule has 0 aliphatic heterocycles. The molecule has 0 fully saturated rings. The fraction of sp³-hybridized carbons (Fsp3) is 0. The van der Waals surface area contributed by atoms with E-state index in [0.29, 0.717) is 0 Å². The smallest absolute Gasteiger partial charge is 0.0972 e. The quantitative estimate of drug-likeness (QED) is 0.173. The van der Waals surface area contributed by atoms with E-state index in [9.17, 15) is 0 Å². The van der Waals surface area contributed by atoms with Crippen LogP contribution >= 0.6 is 0 Å². The van der Waals surface area contributed by atoms with E-state index in [4.69, 9.17) is 9.97 Å². The summed E-state index contributed by atoms with van der Waals surface area (Å²) in [5, 5.41) is 10.6. The van der Waals surface area contributed by atoms with Crippen LogP contribution < -0.4 is 0 Å². The Bertz CT molecular complexity index is 3270. The molecule has 0 spiro atoms. The molecule has 0 bridgehead atoms. The van der Waals surface area contributed by atoms with Crippen molar-refractivity contribution in [2.45, 2.75) is 0 Å². The van der Waals surface area contributed by atoms with Gasteiger partial charge in [-0.2, -0.15) is 0 Å². The Balaban J connectivity index is 1.04. The van der Waals surface area contributed by atoms with E-state index < -0.39 is 0 Å².